The molecule has 0 radical (unpaired) electrons. The standard InChI is InChI=1S/C24H29N7O/c1-3-19(14-32)28-24-29-22(26-12-18-11-16(2)9-10-20(18)25)21-23(30-24)31(15-27-21)13-17-7-5-4-6-8-17/h4-11,15,19,32H,3,12-14,25H2,1-2H3,(H2,26,28,29,30). The van der Waals surface area contributed by atoms with Crippen LogP contribution in [0.5, 0.6) is 0 Å². The number of nitrogens with zero attached hydrogens (tertiary/aromatic N) is 4. The molecule has 0 fully saturated rings. The van der Waals surface area contributed by atoms with Crippen LogP contribution in [0.1, 0.15) is 30.0 Å². The van der Waals surface area contributed by atoms with E-state index in [1.165, 1.54) is 0 Å². The van der Waals surface area contributed by atoms with E-state index in [1.807, 2.05) is 48.7 Å². The number of anilines is 3. The first kappa shape index (κ1) is 21.6. The highest BCUT2D eigenvalue weighted by Crippen LogP contribution is 2.24. The molecule has 4 aromatic rings. The van der Waals surface area contributed by atoms with E-state index in [4.69, 9.17) is 10.7 Å². The lowest BCUT2D eigenvalue weighted by Gasteiger charge is -2.16. The first-order valence-electron chi connectivity index (χ1n) is 10.8. The molecule has 5 N–H and O–H groups in total. The van der Waals surface area contributed by atoms with E-state index >= 15 is 0 Å². The summed E-state index contributed by atoms with van der Waals surface area (Å²) >= 11 is 0. The van der Waals surface area contributed by atoms with Gasteiger partial charge in [0.1, 0.15) is 0 Å². The van der Waals surface area contributed by atoms with Crippen molar-refractivity contribution in [2.75, 3.05) is 23.0 Å². The molecule has 166 valence electrons. The highest BCUT2D eigenvalue weighted by molar-refractivity contribution is 5.84. The van der Waals surface area contributed by atoms with Gasteiger partial charge in [-0.25, -0.2) is 4.98 Å². The molecule has 0 spiro atoms. The predicted molar refractivity (Wildman–Crippen MR) is 129 cm³/mol. The van der Waals surface area contributed by atoms with Gasteiger partial charge in [-0.15, -0.1) is 0 Å². The zero-order valence-electron chi connectivity index (χ0n) is 18.4. The molecule has 0 aliphatic carbocycles. The van der Waals surface area contributed by atoms with Crippen LogP contribution in [-0.2, 0) is 13.1 Å². The smallest absolute Gasteiger partial charge is 0.227 e. The Balaban J connectivity index is 1.70. The van der Waals surface area contributed by atoms with Crippen molar-refractivity contribution in [1.29, 1.82) is 0 Å². The molecule has 32 heavy (non-hydrogen) atoms. The molecule has 0 amide bonds. The molecule has 0 aliphatic heterocycles. The molecule has 2 heterocycles. The summed E-state index contributed by atoms with van der Waals surface area (Å²) in [5.74, 6) is 1.07. The number of hydrogen-bond acceptors (Lipinski definition) is 7. The molecule has 0 saturated carbocycles. The Hall–Kier alpha value is -3.65. The number of fused-ring (bicyclic) bond motifs is 1. The molecule has 0 aliphatic rings. The number of aryl methyl sites for hydroxylation is 1. The van der Waals surface area contributed by atoms with Gasteiger partial charge >= 0.3 is 0 Å². The molecule has 8 heteroatoms. The minimum atomic E-state index is -0.127. The maximum Gasteiger partial charge on any atom is 0.227 e. The molecule has 4 rings (SSSR count). The van der Waals surface area contributed by atoms with E-state index in [0.717, 1.165) is 34.4 Å². The third kappa shape index (κ3) is 4.81. The molecular formula is C24H29N7O. The summed E-state index contributed by atoms with van der Waals surface area (Å²) in [5, 5.41) is 16.2. The first-order valence-corrected chi connectivity index (χ1v) is 10.8. The van der Waals surface area contributed by atoms with Crippen LogP contribution in [0.3, 0.4) is 0 Å². The number of rotatable bonds is 9. The summed E-state index contributed by atoms with van der Waals surface area (Å²) in [7, 11) is 0. The minimum Gasteiger partial charge on any atom is -0.398 e. The molecule has 1 atom stereocenters. The maximum atomic E-state index is 9.62. The average molecular weight is 432 g/mol. The minimum absolute atomic E-state index is 0.00373. The van der Waals surface area contributed by atoms with E-state index in [9.17, 15) is 5.11 Å². The average Bonchev–Trinajstić information content (AvgIpc) is 3.21. The third-order valence-electron chi connectivity index (χ3n) is 5.45. The number of aromatic nitrogens is 4. The Bertz CT molecular complexity index is 1190. The van der Waals surface area contributed by atoms with Gasteiger partial charge in [0, 0.05) is 12.2 Å². The number of hydrogen-bond donors (Lipinski definition) is 4. The summed E-state index contributed by atoms with van der Waals surface area (Å²) < 4.78 is 2.00. The van der Waals surface area contributed by atoms with Gasteiger partial charge in [-0.3, -0.25) is 0 Å². The largest absolute Gasteiger partial charge is 0.398 e. The Morgan fingerprint density at radius 1 is 1.12 bits per heavy atom. The summed E-state index contributed by atoms with van der Waals surface area (Å²) in [6.45, 7) is 5.21. The van der Waals surface area contributed by atoms with Gasteiger partial charge in [0.25, 0.3) is 0 Å². The van der Waals surface area contributed by atoms with Crippen molar-refractivity contribution in [3.8, 4) is 0 Å². The van der Waals surface area contributed by atoms with Crippen LogP contribution in [0.4, 0.5) is 17.5 Å². The molecule has 0 bridgehead atoms. The van der Waals surface area contributed by atoms with Crippen molar-refractivity contribution in [3.63, 3.8) is 0 Å². The van der Waals surface area contributed by atoms with Crippen LogP contribution < -0.4 is 16.4 Å². The fourth-order valence-corrected chi connectivity index (χ4v) is 3.55. The second-order valence-electron chi connectivity index (χ2n) is 7.91. The summed E-state index contributed by atoms with van der Waals surface area (Å²) in [6, 6.07) is 16.0. The Labute approximate surface area is 187 Å². The van der Waals surface area contributed by atoms with Crippen molar-refractivity contribution in [2.24, 2.45) is 0 Å². The van der Waals surface area contributed by atoms with Crippen LogP contribution >= 0.6 is 0 Å². The zero-order chi connectivity index (χ0) is 22.5. The van der Waals surface area contributed by atoms with Crippen LogP contribution in [-0.4, -0.2) is 37.3 Å². The van der Waals surface area contributed by atoms with Crippen molar-refractivity contribution in [3.05, 3.63) is 71.5 Å². The molecule has 0 saturated heterocycles. The number of benzene rings is 2. The molecule has 2 aromatic carbocycles. The zero-order valence-corrected chi connectivity index (χ0v) is 18.4. The van der Waals surface area contributed by atoms with Gasteiger partial charge in [-0.05, 0) is 30.5 Å². The Kier molecular flexibility index (Phi) is 6.51. The summed E-state index contributed by atoms with van der Waals surface area (Å²) in [4.78, 5) is 14.0. The van der Waals surface area contributed by atoms with Gasteiger partial charge in [0.2, 0.25) is 5.95 Å². The number of nitrogen functional groups attached to an aromatic ring is 1. The summed E-state index contributed by atoms with van der Waals surface area (Å²) in [5.41, 5.74) is 11.6. The van der Waals surface area contributed by atoms with Crippen LogP contribution in [0.15, 0.2) is 54.9 Å². The quantitative estimate of drug-likeness (QED) is 0.300. The second-order valence-corrected chi connectivity index (χ2v) is 7.91. The monoisotopic (exact) mass is 431 g/mol. The van der Waals surface area contributed by atoms with Crippen molar-refractivity contribution < 1.29 is 5.11 Å². The fraction of sp³-hybridized carbons (Fsp3) is 0.292. The lowest BCUT2D eigenvalue weighted by Crippen LogP contribution is -2.24. The molecule has 8 nitrogen and oxygen atoms in total. The predicted octanol–water partition coefficient (Wildman–Crippen LogP) is 3.56. The fourth-order valence-electron chi connectivity index (χ4n) is 3.55. The van der Waals surface area contributed by atoms with Gasteiger partial charge in [-0.2, -0.15) is 9.97 Å². The molecular weight excluding hydrogens is 402 g/mol. The number of nitrogens with two attached hydrogens (primary N) is 1. The number of aliphatic hydroxyl groups is 1. The SMILES string of the molecule is CCC(CO)Nc1nc(NCc2cc(C)ccc2N)c2ncn(Cc3ccccc3)c2n1. The van der Waals surface area contributed by atoms with E-state index < -0.39 is 0 Å². The van der Waals surface area contributed by atoms with Gasteiger partial charge in [-0.1, -0.05) is 55.0 Å². The van der Waals surface area contributed by atoms with E-state index in [0.29, 0.717) is 30.4 Å². The van der Waals surface area contributed by atoms with Gasteiger partial charge in [0.05, 0.1) is 25.5 Å². The lowest BCUT2D eigenvalue weighted by molar-refractivity contribution is 0.271. The van der Waals surface area contributed by atoms with Crippen molar-refractivity contribution in [1.82, 2.24) is 19.5 Å². The van der Waals surface area contributed by atoms with Gasteiger partial charge < -0.3 is 26.0 Å². The first-order chi connectivity index (χ1) is 15.6. The number of aliphatic hydroxyl groups excluding tert-OH is 1. The topological polar surface area (TPSA) is 114 Å². The number of imidazole rings is 1. The van der Waals surface area contributed by atoms with Gasteiger partial charge in [0.15, 0.2) is 17.0 Å². The van der Waals surface area contributed by atoms with E-state index in [1.54, 1.807) is 6.33 Å². The van der Waals surface area contributed by atoms with E-state index in [2.05, 4.69) is 38.8 Å². The highest BCUT2D eigenvalue weighted by atomic mass is 16.3. The van der Waals surface area contributed by atoms with Crippen molar-refractivity contribution in [2.45, 2.75) is 39.4 Å². The Morgan fingerprint density at radius 2 is 1.94 bits per heavy atom. The molecule has 2 aromatic heterocycles. The second kappa shape index (κ2) is 9.65. The van der Waals surface area contributed by atoms with Crippen LogP contribution in [0.25, 0.3) is 11.2 Å². The lowest BCUT2D eigenvalue weighted by atomic mass is 10.1. The van der Waals surface area contributed by atoms with Crippen LogP contribution in [0.2, 0.25) is 0 Å². The normalized spacial score (nSPS) is 12.1. The summed E-state index contributed by atoms with van der Waals surface area (Å²) in [6.07, 6.45) is 2.54. The Morgan fingerprint density at radius 3 is 2.69 bits per heavy atom. The maximum absolute atomic E-state index is 9.62. The highest BCUT2D eigenvalue weighted by Gasteiger charge is 2.16. The third-order valence-corrected chi connectivity index (χ3v) is 5.45. The van der Waals surface area contributed by atoms with E-state index in [-0.39, 0.29) is 12.6 Å². The molecule has 1 unspecified atom stereocenters. The van der Waals surface area contributed by atoms with Crippen LogP contribution in [0, 0.1) is 6.92 Å². The number of nitrogens with one attached hydrogen (secondary N) is 2. The van der Waals surface area contributed by atoms with Crippen molar-refractivity contribution >= 4 is 28.6 Å².